The molecule has 0 radical (unpaired) electrons. The molecule has 0 bridgehead atoms. The minimum Gasteiger partial charge on any atom is -0.452 e. The topological polar surface area (TPSA) is 68.3 Å². The first-order chi connectivity index (χ1) is 10.9. The Hall–Kier alpha value is -1.44. The molecule has 0 atom stereocenters. The fourth-order valence-corrected chi connectivity index (χ4v) is 3.55. The Morgan fingerprint density at radius 2 is 1.96 bits per heavy atom. The number of hydrogen-bond acceptors (Lipinski definition) is 4. The number of nitrogens with zero attached hydrogens (tertiary/aromatic N) is 1. The average molecular weight is 463 g/mol. The number of benzene rings is 1. The number of halogens is 3. The zero-order chi connectivity index (χ0) is 17.0. The molecule has 0 aliphatic carbocycles. The fourth-order valence-electron chi connectivity index (χ4n) is 1.74. The summed E-state index contributed by atoms with van der Waals surface area (Å²) in [5, 5.41) is 2.70. The summed E-state index contributed by atoms with van der Waals surface area (Å²) in [7, 11) is 0. The van der Waals surface area contributed by atoms with Gasteiger partial charge in [0.1, 0.15) is 5.15 Å². The molecule has 120 valence electrons. The normalized spacial score (nSPS) is 10.3. The molecule has 1 aromatic carbocycles. The smallest absolute Gasteiger partial charge is 0.341 e. The highest BCUT2D eigenvalue weighted by molar-refractivity contribution is 9.11. The van der Waals surface area contributed by atoms with E-state index < -0.39 is 18.5 Å². The van der Waals surface area contributed by atoms with E-state index in [1.54, 1.807) is 6.07 Å². The van der Waals surface area contributed by atoms with E-state index in [0.717, 1.165) is 14.5 Å². The van der Waals surface area contributed by atoms with Gasteiger partial charge >= 0.3 is 5.97 Å². The van der Waals surface area contributed by atoms with E-state index in [1.807, 2.05) is 19.1 Å². The number of carbonyl (C=O) groups excluding carboxylic acids is 2. The van der Waals surface area contributed by atoms with Crippen LogP contribution in [-0.2, 0) is 9.53 Å². The van der Waals surface area contributed by atoms with E-state index in [9.17, 15) is 9.59 Å². The van der Waals surface area contributed by atoms with Gasteiger partial charge in [0.25, 0.3) is 5.91 Å². The maximum absolute atomic E-state index is 11.9. The summed E-state index contributed by atoms with van der Waals surface area (Å²) in [4.78, 5) is 27.6. The molecule has 0 fully saturated rings. The highest BCUT2D eigenvalue weighted by atomic mass is 79.9. The lowest BCUT2D eigenvalue weighted by molar-refractivity contribution is -0.119. The number of aryl methyl sites for hydroxylation is 1. The van der Waals surface area contributed by atoms with Gasteiger partial charge in [-0.1, -0.05) is 11.6 Å². The predicted octanol–water partition coefficient (Wildman–Crippen LogP) is 4.36. The van der Waals surface area contributed by atoms with Crippen molar-refractivity contribution in [2.45, 2.75) is 6.92 Å². The molecule has 1 aromatic heterocycles. The molecule has 1 N–H and O–H groups in total. The standard InChI is InChI=1S/C15H11Br2ClN2O3/c1-8-5-10(16)13(11(17)6-8)20-12(21)7-23-15(22)9-3-2-4-19-14(9)18/h2-6H,7H2,1H3,(H,20,21). The van der Waals surface area contributed by atoms with Crippen LogP contribution in [0.2, 0.25) is 5.15 Å². The number of pyridine rings is 1. The lowest BCUT2D eigenvalue weighted by Crippen LogP contribution is -2.21. The van der Waals surface area contributed by atoms with Crippen LogP contribution in [-0.4, -0.2) is 23.5 Å². The molecule has 0 spiro atoms. The summed E-state index contributed by atoms with van der Waals surface area (Å²) in [6, 6.07) is 6.76. The molecule has 2 rings (SSSR count). The van der Waals surface area contributed by atoms with Crippen LogP contribution in [0.5, 0.6) is 0 Å². The van der Waals surface area contributed by atoms with E-state index in [1.165, 1.54) is 12.3 Å². The van der Waals surface area contributed by atoms with E-state index >= 15 is 0 Å². The SMILES string of the molecule is Cc1cc(Br)c(NC(=O)COC(=O)c2cccnc2Cl)c(Br)c1. The summed E-state index contributed by atoms with van der Waals surface area (Å²) in [6.07, 6.45) is 1.46. The number of carbonyl (C=O) groups is 2. The van der Waals surface area contributed by atoms with Crippen LogP contribution in [0.25, 0.3) is 0 Å². The lowest BCUT2D eigenvalue weighted by atomic mass is 10.2. The third kappa shape index (κ3) is 4.76. The number of anilines is 1. The van der Waals surface area contributed by atoms with Crippen molar-refractivity contribution in [2.75, 3.05) is 11.9 Å². The van der Waals surface area contributed by atoms with Crippen LogP contribution in [0.1, 0.15) is 15.9 Å². The van der Waals surface area contributed by atoms with E-state index in [0.29, 0.717) is 5.69 Å². The van der Waals surface area contributed by atoms with E-state index in [4.69, 9.17) is 16.3 Å². The van der Waals surface area contributed by atoms with Crippen molar-refractivity contribution in [2.24, 2.45) is 0 Å². The third-order valence-electron chi connectivity index (χ3n) is 2.76. The largest absolute Gasteiger partial charge is 0.452 e. The zero-order valence-electron chi connectivity index (χ0n) is 11.9. The number of hydrogen-bond donors (Lipinski definition) is 1. The molecule has 0 unspecified atom stereocenters. The Bertz CT molecular complexity index is 745. The summed E-state index contributed by atoms with van der Waals surface area (Å²) in [5.41, 5.74) is 1.70. The second kappa shape index (κ2) is 7.90. The summed E-state index contributed by atoms with van der Waals surface area (Å²) < 4.78 is 6.38. The van der Waals surface area contributed by atoms with Crippen LogP contribution < -0.4 is 5.32 Å². The first-order valence-corrected chi connectivity index (χ1v) is 8.38. The monoisotopic (exact) mass is 460 g/mol. The maximum atomic E-state index is 11.9. The van der Waals surface area contributed by atoms with Gasteiger partial charge < -0.3 is 10.1 Å². The number of amides is 1. The Balaban J connectivity index is 1.99. The van der Waals surface area contributed by atoms with Crippen molar-refractivity contribution < 1.29 is 14.3 Å². The average Bonchev–Trinajstić information content (AvgIpc) is 2.49. The van der Waals surface area contributed by atoms with Gasteiger partial charge in [0.15, 0.2) is 6.61 Å². The Labute approximate surface area is 154 Å². The second-order valence-corrected chi connectivity index (χ2v) is 6.64. The Morgan fingerprint density at radius 1 is 1.30 bits per heavy atom. The first-order valence-electron chi connectivity index (χ1n) is 6.41. The Morgan fingerprint density at radius 3 is 2.57 bits per heavy atom. The van der Waals surface area contributed by atoms with Crippen molar-refractivity contribution in [3.63, 3.8) is 0 Å². The molecule has 5 nitrogen and oxygen atoms in total. The number of rotatable bonds is 4. The van der Waals surface area contributed by atoms with Gasteiger partial charge in [-0.05, 0) is 68.6 Å². The molecule has 0 aliphatic heterocycles. The van der Waals surface area contributed by atoms with Crippen LogP contribution in [0, 0.1) is 6.92 Å². The molecular formula is C15H11Br2ClN2O3. The molecule has 1 amide bonds. The molecule has 0 saturated heterocycles. The number of nitrogens with one attached hydrogen (secondary N) is 1. The van der Waals surface area contributed by atoms with Crippen molar-refractivity contribution in [3.05, 3.63) is 55.7 Å². The third-order valence-corrected chi connectivity index (χ3v) is 4.32. The van der Waals surface area contributed by atoms with Crippen molar-refractivity contribution >= 4 is 61.0 Å². The summed E-state index contributed by atoms with van der Waals surface area (Å²) >= 11 is 12.5. The molecule has 2 aromatic rings. The van der Waals surface area contributed by atoms with E-state index in [2.05, 4.69) is 42.2 Å². The van der Waals surface area contributed by atoms with Gasteiger partial charge in [-0.2, -0.15) is 0 Å². The fraction of sp³-hybridized carbons (Fsp3) is 0.133. The second-order valence-electron chi connectivity index (χ2n) is 4.57. The number of aromatic nitrogens is 1. The first kappa shape index (κ1) is 17.9. The lowest BCUT2D eigenvalue weighted by Gasteiger charge is -2.11. The van der Waals surface area contributed by atoms with E-state index in [-0.39, 0.29) is 10.7 Å². The molecule has 0 aliphatic rings. The van der Waals surface area contributed by atoms with Crippen molar-refractivity contribution in [3.8, 4) is 0 Å². The molecule has 23 heavy (non-hydrogen) atoms. The minimum absolute atomic E-state index is 0.0296. The van der Waals surface area contributed by atoms with Gasteiger partial charge in [0, 0.05) is 15.1 Å². The zero-order valence-corrected chi connectivity index (χ0v) is 15.8. The van der Waals surface area contributed by atoms with Gasteiger partial charge in [0.05, 0.1) is 11.3 Å². The van der Waals surface area contributed by atoms with Gasteiger partial charge in [0.2, 0.25) is 0 Å². The number of ether oxygens (including phenoxy) is 1. The Kier molecular flexibility index (Phi) is 6.15. The molecule has 0 saturated carbocycles. The highest BCUT2D eigenvalue weighted by Crippen LogP contribution is 2.32. The molecular weight excluding hydrogens is 451 g/mol. The molecule has 8 heteroatoms. The predicted molar refractivity (Wildman–Crippen MR) is 94.7 cm³/mol. The van der Waals surface area contributed by atoms with Crippen LogP contribution in [0.15, 0.2) is 39.4 Å². The number of esters is 1. The van der Waals surface area contributed by atoms with Gasteiger partial charge in [-0.3, -0.25) is 4.79 Å². The van der Waals surface area contributed by atoms with Crippen LogP contribution in [0.3, 0.4) is 0 Å². The van der Waals surface area contributed by atoms with Crippen molar-refractivity contribution in [1.29, 1.82) is 0 Å². The van der Waals surface area contributed by atoms with Crippen LogP contribution in [0.4, 0.5) is 5.69 Å². The maximum Gasteiger partial charge on any atom is 0.341 e. The van der Waals surface area contributed by atoms with Crippen LogP contribution >= 0.6 is 43.5 Å². The summed E-state index contributed by atoms with van der Waals surface area (Å²) in [5.74, 6) is -1.18. The quantitative estimate of drug-likeness (QED) is 0.542. The van der Waals surface area contributed by atoms with Gasteiger partial charge in [-0.15, -0.1) is 0 Å². The molecule has 1 heterocycles. The minimum atomic E-state index is -0.708. The van der Waals surface area contributed by atoms with Gasteiger partial charge in [-0.25, -0.2) is 9.78 Å². The van der Waals surface area contributed by atoms with Crippen molar-refractivity contribution in [1.82, 2.24) is 4.98 Å². The summed E-state index contributed by atoms with van der Waals surface area (Å²) in [6.45, 7) is 1.50. The highest BCUT2D eigenvalue weighted by Gasteiger charge is 2.15.